The topological polar surface area (TPSA) is 101 Å². The molecule has 1 aliphatic heterocycles. The van der Waals surface area contributed by atoms with E-state index in [4.69, 9.17) is 15.5 Å². The summed E-state index contributed by atoms with van der Waals surface area (Å²) >= 11 is 0. The fourth-order valence-electron chi connectivity index (χ4n) is 4.90. The number of nitrogens with two attached hydrogens (primary N) is 1. The Labute approximate surface area is 209 Å². The standard InChI is InChI=1S/C27H30N8O/c1-3-33-9-11-34(12-10-33)20-7-8-21(25(14-20)36-4-2)24-17-35-16-23(30-26(28)27(35)31-24)18-5-6-19-15-29-32-22(19)13-18/h5-8,13-17H,3-4,9-12H2,1-2H3,(H2,28,30)(H,29,32). The van der Waals surface area contributed by atoms with Gasteiger partial charge in [-0.1, -0.05) is 19.1 Å². The zero-order chi connectivity index (χ0) is 24.6. The summed E-state index contributed by atoms with van der Waals surface area (Å²) < 4.78 is 8.02. The highest BCUT2D eigenvalue weighted by molar-refractivity contribution is 5.84. The predicted molar refractivity (Wildman–Crippen MR) is 143 cm³/mol. The van der Waals surface area contributed by atoms with Crippen LogP contribution in [0.3, 0.4) is 0 Å². The van der Waals surface area contributed by atoms with Crippen LogP contribution in [-0.4, -0.2) is 68.8 Å². The quantitative estimate of drug-likeness (QED) is 0.376. The highest BCUT2D eigenvalue weighted by atomic mass is 16.5. The monoisotopic (exact) mass is 482 g/mol. The molecule has 9 heteroatoms. The number of ether oxygens (including phenoxy) is 1. The first-order valence-electron chi connectivity index (χ1n) is 12.5. The highest BCUT2D eigenvalue weighted by Crippen LogP contribution is 2.35. The molecule has 0 spiro atoms. The van der Waals surface area contributed by atoms with E-state index in [0.717, 1.165) is 71.9 Å². The number of likely N-dealkylation sites (N-methyl/N-ethyl adjacent to an activating group) is 1. The molecule has 5 aromatic rings. The Hall–Kier alpha value is -4.11. The number of piperazine rings is 1. The van der Waals surface area contributed by atoms with Gasteiger partial charge in [-0.15, -0.1) is 0 Å². The van der Waals surface area contributed by atoms with E-state index in [0.29, 0.717) is 18.1 Å². The number of aromatic amines is 1. The highest BCUT2D eigenvalue weighted by Gasteiger charge is 2.19. The van der Waals surface area contributed by atoms with Gasteiger partial charge in [-0.25, -0.2) is 9.97 Å². The lowest BCUT2D eigenvalue weighted by Gasteiger charge is -2.35. The second-order valence-corrected chi connectivity index (χ2v) is 9.08. The average Bonchev–Trinajstić information content (AvgIpc) is 3.56. The predicted octanol–water partition coefficient (Wildman–Crippen LogP) is 4.06. The van der Waals surface area contributed by atoms with Crippen LogP contribution in [0.15, 0.2) is 55.0 Å². The number of imidazole rings is 1. The van der Waals surface area contributed by atoms with Crippen molar-refractivity contribution < 1.29 is 4.74 Å². The lowest BCUT2D eigenvalue weighted by atomic mass is 10.1. The van der Waals surface area contributed by atoms with Gasteiger partial charge in [0.1, 0.15) is 5.75 Å². The van der Waals surface area contributed by atoms with Crippen LogP contribution < -0.4 is 15.4 Å². The van der Waals surface area contributed by atoms with Crippen LogP contribution in [0, 0.1) is 0 Å². The van der Waals surface area contributed by atoms with Gasteiger partial charge in [-0.2, -0.15) is 5.10 Å². The molecule has 0 atom stereocenters. The molecule has 4 heterocycles. The molecule has 1 fully saturated rings. The number of anilines is 2. The summed E-state index contributed by atoms with van der Waals surface area (Å²) in [7, 11) is 0. The number of H-pyrrole nitrogens is 1. The van der Waals surface area contributed by atoms with Crippen molar-refractivity contribution in [1.82, 2.24) is 29.5 Å². The van der Waals surface area contributed by atoms with Crippen LogP contribution in [-0.2, 0) is 0 Å². The molecule has 184 valence electrons. The summed E-state index contributed by atoms with van der Waals surface area (Å²) in [5.74, 6) is 1.21. The Morgan fingerprint density at radius 2 is 1.81 bits per heavy atom. The van der Waals surface area contributed by atoms with E-state index in [1.54, 1.807) is 6.20 Å². The molecule has 36 heavy (non-hydrogen) atoms. The maximum Gasteiger partial charge on any atom is 0.180 e. The van der Waals surface area contributed by atoms with Crippen LogP contribution >= 0.6 is 0 Å². The molecular formula is C27H30N8O. The Balaban J connectivity index is 1.35. The van der Waals surface area contributed by atoms with E-state index in [2.05, 4.69) is 50.1 Å². The van der Waals surface area contributed by atoms with Crippen molar-refractivity contribution in [2.45, 2.75) is 13.8 Å². The molecule has 0 saturated carbocycles. The third-order valence-electron chi connectivity index (χ3n) is 6.93. The fraction of sp³-hybridized carbons (Fsp3) is 0.296. The van der Waals surface area contributed by atoms with Crippen molar-refractivity contribution in [1.29, 1.82) is 0 Å². The van der Waals surface area contributed by atoms with E-state index >= 15 is 0 Å². The number of nitrogens with zero attached hydrogens (tertiary/aromatic N) is 6. The first-order chi connectivity index (χ1) is 17.6. The first-order valence-corrected chi connectivity index (χ1v) is 12.5. The van der Waals surface area contributed by atoms with Crippen LogP contribution in [0.2, 0.25) is 0 Å². The van der Waals surface area contributed by atoms with Crippen molar-refractivity contribution >= 4 is 28.1 Å². The summed E-state index contributed by atoms with van der Waals surface area (Å²) in [4.78, 5) is 14.4. The van der Waals surface area contributed by atoms with Crippen molar-refractivity contribution in [3.05, 3.63) is 55.0 Å². The second-order valence-electron chi connectivity index (χ2n) is 9.08. The number of hydrogen-bond acceptors (Lipinski definition) is 7. The Kier molecular flexibility index (Phi) is 5.69. The van der Waals surface area contributed by atoms with Crippen molar-refractivity contribution in [3.8, 4) is 28.3 Å². The Bertz CT molecular complexity index is 1530. The van der Waals surface area contributed by atoms with Gasteiger partial charge in [-0.3, -0.25) is 5.10 Å². The van der Waals surface area contributed by atoms with Gasteiger partial charge in [0.2, 0.25) is 0 Å². The van der Waals surface area contributed by atoms with Crippen molar-refractivity contribution in [2.75, 3.05) is 50.0 Å². The maximum absolute atomic E-state index is 6.36. The van der Waals surface area contributed by atoms with Gasteiger partial charge in [0, 0.05) is 66.8 Å². The van der Waals surface area contributed by atoms with E-state index in [-0.39, 0.29) is 0 Å². The number of fused-ring (bicyclic) bond motifs is 2. The molecule has 1 saturated heterocycles. The van der Waals surface area contributed by atoms with Gasteiger partial charge in [-0.05, 0) is 31.7 Å². The Morgan fingerprint density at radius 1 is 0.972 bits per heavy atom. The summed E-state index contributed by atoms with van der Waals surface area (Å²) in [5.41, 5.74) is 12.6. The van der Waals surface area contributed by atoms with Crippen LogP contribution in [0.4, 0.5) is 11.5 Å². The summed E-state index contributed by atoms with van der Waals surface area (Å²) in [5, 5.41) is 8.17. The third kappa shape index (κ3) is 4.01. The van der Waals surface area contributed by atoms with Gasteiger partial charge in [0.05, 0.1) is 29.7 Å². The van der Waals surface area contributed by atoms with Gasteiger partial charge in [0.25, 0.3) is 0 Å². The Morgan fingerprint density at radius 3 is 2.61 bits per heavy atom. The zero-order valence-corrected chi connectivity index (χ0v) is 20.6. The number of benzene rings is 2. The van der Waals surface area contributed by atoms with Crippen molar-refractivity contribution in [3.63, 3.8) is 0 Å². The minimum atomic E-state index is 0.381. The molecule has 2 aromatic carbocycles. The van der Waals surface area contributed by atoms with Gasteiger partial charge < -0.3 is 24.7 Å². The van der Waals surface area contributed by atoms with E-state index in [9.17, 15) is 0 Å². The average molecular weight is 483 g/mol. The molecule has 6 rings (SSSR count). The molecule has 1 aliphatic rings. The van der Waals surface area contributed by atoms with E-state index in [1.807, 2.05) is 41.9 Å². The number of nitrogens with one attached hydrogen (secondary N) is 1. The summed E-state index contributed by atoms with van der Waals surface area (Å²) in [6, 6.07) is 12.5. The normalized spacial score (nSPS) is 14.7. The molecule has 9 nitrogen and oxygen atoms in total. The molecule has 0 unspecified atom stereocenters. The molecule has 0 amide bonds. The minimum absolute atomic E-state index is 0.381. The van der Waals surface area contributed by atoms with E-state index < -0.39 is 0 Å². The van der Waals surface area contributed by atoms with Crippen LogP contribution in [0.5, 0.6) is 5.75 Å². The lowest BCUT2D eigenvalue weighted by Crippen LogP contribution is -2.46. The number of nitrogen functional groups attached to an aromatic ring is 1. The molecule has 3 N–H and O–H groups in total. The number of aromatic nitrogens is 5. The summed E-state index contributed by atoms with van der Waals surface area (Å²) in [6.45, 7) is 10.1. The molecule has 0 radical (unpaired) electrons. The summed E-state index contributed by atoms with van der Waals surface area (Å²) in [6.07, 6.45) is 5.75. The SMILES string of the molecule is CCOc1cc(N2CCN(CC)CC2)ccc1-c1cn2cc(-c3ccc4cn[nH]c4c3)nc(N)c2n1. The van der Waals surface area contributed by atoms with E-state index in [1.165, 1.54) is 5.69 Å². The lowest BCUT2D eigenvalue weighted by molar-refractivity contribution is 0.271. The second kappa shape index (κ2) is 9.16. The van der Waals surface area contributed by atoms with Crippen LogP contribution in [0.25, 0.3) is 39.1 Å². The third-order valence-corrected chi connectivity index (χ3v) is 6.93. The zero-order valence-electron chi connectivity index (χ0n) is 20.6. The molecule has 0 aliphatic carbocycles. The van der Waals surface area contributed by atoms with Crippen molar-refractivity contribution in [2.24, 2.45) is 0 Å². The minimum Gasteiger partial charge on any atom is -0.493 e. The maximum atomic E-state index is 6.36. The molecule has 0 bridgehead atoms. The first kappa shape index (κ1) is 22.4. The van der Waals surface area contributed by atoms with Gasteiger partial charge in [0.15, 0.2) is 11.5 Å². The largest absolute Gasteiger partial charge is 0.493 e. The smallest absolute Gasteiger partial charge is 0.180 e. The molecular weight excluding hydrogens is 452 g/mol. The fourth-order valence-corrected chi connectivity index (χ4v) is 4.90. The van der Waals surface area contributed by atoms with Crippen LogP contribution in [0.1, 0.15) is 13.8 Å². The number of hydrogen-bond donors (Lipinski definition) is 2. The number of rotatable bonds is 6. The van der Waals surface area contributed by atoms with Gasteiger partial charge >= 0.3 is 0 Å². The molecule has 3 aromatic heterocycles.